The van der Waals surface area contributed by atoms with Crippen LogP contribution >= 0.6 is 11.5 Å². The fraction of sp³-hybridized carbons (Fsp3) is 0.143. The molecule has 0 unspecified atom stereocenters. The first-order valence-corrected chi connectivity index (χ1v) is 12.1. The minimum absolute atomic E-state index is 0.0196. The van der Waals surface area contributed by atoms with Crippen LogP contribution in [0.3, 0.4) is 0 Å². The summed E-state index contributed by atoms with van der Waals surface area (Å²) < 4.78 is 43.0. The number of amides is 1. The second-order valence-electron chi connectivity index (χ2n) is 6.82. The minimum Gasteiger partial charge on any atom is -0.489 e. The van der Waals surface area contributed by atoms with Gasteiger partial charge in [-0.1, -0.05) is 18.2 Å². The van der Waals surface area contributed by atoms with E-state index in [0.717, 1.165) is 11.8 Å². The highest BCUT2D eigenvalue weighted by Gasteiger charge is 2.17. The smallest absolute Gasteiger partial charge is 0.268 e. The van der Waals surface area contributed by atoms with Crippen LogP contribution < -0.4 is 19.5 Å². The Morgan fingerprint density at radius 3 is 2.70 bits per heavy atom. The number of anilines is 1. The number of benzene rings is 2. The summed E-state index contributed by atoms with van der Waals surface area (Å²) in [5.41, 5.74) is 1.34. The van der Waals surface area contributed by atoms with E-state index in [2.05, 4.69) is 14.7 Å². The lowest BCUT2D eigenvalue weighted by molar-refractivity contribution is -0.112. The first-order valence-electron chi connectivity index (χ1n) is 9.40. The standard InChI is InChI=1S/C21H16N4O6S2/c1-33(27,28)21-24-20(32-25-21)23-19(26)15(10-22)8-13-2-5-16(6-3-13)29-11-14-4-7-17-18(9-14)31-12-30-17/h2-9H,11-12H2,1H3,(H,23,24,25,26)/b15-8-. The predicted molar refractivity (Wildman–Crippen MR) is 119 cm³/mol. The number of hydrogen-bond donors (Lipinski definition) is 1. The van der Waals surface area contributed by atoms with E-state index < -0.39 is 15.7 Å². The van der Waals surface area contributed by atoms with Gasteiger partial charge in [-0.25, -0.2) is 8.42 Å². The quantitative estimate of drug-likeness (QED) is 0.396. The molecule has 0 radical (unpaired) electrons. The molecule has 0 atom stereocenters. The van der Waals surface area contributed by atoms with Crippen molar-refractivity contribution in [3.8, 4) is 23.3 Å². The Kier molecular flexibility index (Phi) is 6.25. The van der Waals surface area contributed by atoms with Crippen LogP contribution in [0.2, 0.25) is 0 Å². The zero-order chi connectivity index (χ0) is 23.4. The number of nitrogens with one attached hydrogen (secondary N) is 1. The van der Waals surface area contributed by atoms with Crippen molar-refractivity contribution in [2.75, 3.05) is 18.4 Å². The Labute approximate surface area is 193 Å². The number of fused-ring (bicyclic) bond motifs is 1. The minimum atomic E-state index is -3.59. The molecule has 168 valence electrons. The molecule has 1 aliphatic heterocycles. The molecule has 33 heavy (non-hydrogen) atoms. The summed E-state index contributed by atoms with van der Waals surface area (Å²) in [6.07, 6.45) is 2.36. The molecule has 10 nitrogen and oxygen atoms in total. The fourth-order valence-corrected chi connectivity index (χ4v) is 4.19. The second-order valence-corrected chi connectivity index (χ2v) is 9.48. The van der Waals surface area contributed by atoms with Gasteiger partial charge in [0.05, 0.1) is 0 Å². The number of hydrogen-bond acceptors (Lipinski definition) is 10. The van der Waals surface area contributed by atoms with Crippen molar-refractivity contribution < 1.29 is 27.4 Å². The molecule has 0 spiro atoms. The monoisotopic (exact) mass is 484 g/mol. The third-order valence-corrected chi connectivity index (χ3v) is 5.95. The maximum absolute atomic E-state index is 12.4. The first kappa shape index (κ1) is 22.3. The van der Waals surface area contributed by atoms with Crippen LogP contribution in [0.15, 0.2) is 53.2 Å². The summed E-state index contributed by atoms with van der Waals surface area (Å²) in [7, 11) is -3.59. The van der Waals surface area contributed by atoms with Crippen molar-refractivity contribution in [1.29, 1.82) is 5.26 Å². The average molecular weight is 485 g/mol. The maximum atomic E-state index is 12.4. The van der Waals surface area contributed by atoms with Crippen LogP contribution in [0.1, 0.15) is 11.1 Å². The van der Waals surface area contributed by atoms with Gasteiger partial charge >= 0.3 is 0 Å². The number of carbonyl (C=O) groups excluding carboxylic acids is 1. The summed E-state index contributed by atoms with van der Waals surface area (Å²) >= 11 is 0.711. The SMILES string of the molecule is CS(=O)(=O)c1nsc(NC(=O)/C(C#N)=C\c2ccc(OCc3ccc4c(c3)OCO4)cc2)n1. The molecule has 0 saturated heterocycles. The molecule has 1 aromatic heterocycles. The molecule has 0 saturated carbocycles. The zero-order valence-corrected chi connectivity index (χ0v) is 18.8. The maximum Gasteiger partial charge on any atom is 0.268 e. The van der Waals surface area contributed by atoms with E-state index in [1.807, 2.05) is 24.3 Å². The predicted octanol–water partition coefficient (Wildman–Crippen LogP) is 2.79. The molecule has 1 N–H and O–H groups in total. The van der Waals surface area contributed by atoms with Gasteiger partial charge in [-0.05, 0) is 41.5 Å². The molecule has 0 fully saturated rings. The Morgan fingerprint density at radius 1 is 1.24 bits per heavy atom. The largest absolute Gasteiger partial charge is 0.489 e. The Morgan fingerprint density at radius 2 is 2.00 bits per heavy atom. The Hall–Kier alpha value is -3.95. The normalized spacial score (nSPS) is 12.8. The van der Waals surface area contributed by atoms with Gasteiger partial charge in [-0.15, -0.1) is 0 Å². The summed E-state index contributed by atoms with van der Waals surface area (Å²) in [6.45, 7) is 0.536. The van der Waals surface area contributed by atoms with Crippen molar-refractivity contribution in [2.24, 2.45) is 0 Å². The van der Waals surface area contributed by atoms with Crippen molar-refractivity contribution in [1.82, 2.24) is 9.36 Å². The summed E-state index contributed by atoms with van der Waals surface area (Å²) in [6, 6.07) is 14.2. The van der Waals surface area contributed by atoms with Crippen LogP contribution in [0, 0.1) is 11.3 Å². The molecule has 0 bridgehead atoms. The van der Waals surface area contributed by atoms with E-state index in [4.69, 9.17) is 14.2 Å². The van der Waals surface area contributed by atoms with Crippen molar-refractivity contribution in [3.05, 3.63) is 59.2 Å². The van der Waals surface area contributed by atoms with E-state index in [1.54, 1.807) is 24.3 Å². The summed E-state index contributed by atoms with van der Waals surface area (Å²) in [5.74, 6) is 1.26. The highest BCUT2D eigenvalue weighted by Crippen LogP contribution is 2.32. The lowest BCUT2D eigenvalue weighted by Crippen LogP contribution is -2.13. The molecular weight excluding hydrogens is 468 g/mol. The van der Waals surface area contributed by atoms with Gasteiger partial charge < -0.3 is 14.2 Å². The third kappa shape index (κ3) is 5.46. The Bertz CT molecular complexity index is 1370. The summed E-state index contributed by atoms with van der Waals surface area (Å²) in [5, 5.41) is 11.3. The van der Waals surface area contributed by atoms with Gasteiger partial charge in [0.2, 0.25) is 21.8 Å². The van der Waals surface area contributed by atoms with Gasteiger partial charge in [-0.3, -0.25) is 10.1 Å². The van der Waals surface area contributed by atoms with E-state index in [-0.39, 0.29) is 22.7 Å². The highest BCUT2D eigenvalue weighted by atomic mass is 32.2. The third-order valence-electron chi connectivity index (χ3n) is 4.36. The van der Waals surface area contributed by atoms with E-state index in [1.165, 1.54) is 6.08 Å². The van der Waals surface area contributed by atoms with Crippen LogP contribution in [0.5, 0.6) is 17.2 Å². The van der Waals surface area contributed by atoms with Crippen LogP contribution in [0.25, 0.3) is 6.08 Å². The second kappa shape index (κ2) is 9.27. The van der Waals surface area contributed by atoms with Crippen molar-refractivity contribution in [3.63, 3.8) is 0 Å². The van der Waals surface area contributed by atoms with Gasteiger partial charge in [0, 0.05) is 17.8 Å². The van der Waals surface area contributed by atoms with Gasteiger partial charge in [0.1, 0.15) is 24.0 Å². The number of ether oxygens (including phenoxy) is 3. The molecule has 12 heteroatoms. The van der Waals surface area contributed by atoms with Gasteiger partial charge in [-0.2, -0.15) is 14.6 Å². The molecule has 2 aromatic carbocycles. The number of aromatic nitrogens is 2. The van der Waals surface area contributed by atoms with Crippen LogP contribution in [-0.4, -0.2) is 36.7 Å². The van der Waals surface area contributed by atoms with Crippen molar-refractivity contribution in [2.45, 2.75) is 11.8 Å². The van der Waals surface area contributed by atoms with E-state index >= 15 is 0 Å². The topological polar surface area (TPSA) is 140 Å². The number of carbonyl (C=O) groups is 1. The highest BCUT2D eigenvalue weighted by molar-refractivity contribution is 7.90. The molecule has 0 aliphatic carbocycles. The zero-order valence-electron chi connectivity index (χ0n) is 17.1. The molecule has 1 amide bonds. The number of rotatable bonds is 7. The molecule has 1 aliphatic rings. The lowest BCUT2D eigenvalue weighted by atomic mass is 10.1. The Balaban J connectivity index is 1.38. The lowest BCUT2D eigenvalue weighted by Gasteiger charge is -2.07. The number of nitrogens with zero attached hydrogens (tertiary/aromatic N) is 3. The number of nitriles is 1. The number of sulfone groups is 1. The molecular formula is C21H16N4O6S2. The van der Waals surface area contributed by atoms with Crippen molar-refractivity contribution >= 4 is 38.5 Å². The van der Waals surface area contributed by atoms with E-state index in [0.29, 0.717) is 41.0 Å². The molecule has 3 aromatic rings. The first-order chi connectivity index (χ1) is 15.8. The molecule has 4 rings (SSSR count). The van der Waals surface area contributed by atoms with Gasteiger partial charge in [0.15, 0.2) is 11.5 Å². The fourth-order valence-electron chi connectivity index (χ4n) is 2.75. The summed E-state index contributed by atoms with van der Waals surface area (Å²) in [4.78, 5) is 16.1. The average Bonchev–Trinajstić information content (AvgIpc) is 3.45. The molecule has 2 heterocycles. The van der Waals surface area contributed by atoms with E-state index in [9.17, 15) is 18.5 Å². The van der Waals surface area contributed by atoms with Gasteiger partial charge in [0.25, 0.3) is 11.1 Å². The van der Waals surface area contributed by atoms with Crippen LogP contribution in [0.4, 0.5) is 5.13 Å². The van der Waals surface area contributed by atoms with Crippen LogP contribution in [-0.2, 0) is 21.2 Å².